The van der Waals surface area contributed by atoms with Crippen LogP contribution in [0, 0.1) is 5.92 Å². The van der Waals surface area contributed by atoms with Crippen molar-refractivity contribution < 1.29 is 28.3 Å². The first kappa shape index (κ1) is 26.6. The lowest BCUT2D eigenvalue weighted by Gasteiger charge is -2.40. The molecular formula is C30H36N4O6. The van der Waals surface area contributed by atoms with E-state index in [0.717, 1.165) is 25.1 Å². The normalized spacial score (nSPS) is 24.9. The first-order chi connectivity index (χ1) is 19.2. The summed E-state index contributed by atoms with van der Waals surface area (Å²) in [5, 5.41) is 0. The van der Waals surface area contributed by atoms with E-state index in [2.05, 4.69) is 4.90 Å². The highest BCUT2D eigenvalue weighted by Gasteiger charge is 2.45. The van der Waals surface area contributed by atoms with E-state index in [1.165, 1.54) is 11.2 Å². The second kappa shape index (κ2) is 10.4. The number of fused-ring (bicyclic) bond motifs is 1. The molecule has 212 valence electrons. The fraction of sp³-hybridized carbons (Fsp3) is 0.533. The van der Waals surface area contributed by atoms with Gasteiger partial charge in [-0.05, 0) is 63.8 Å². The Balaban J connectivity index is 1.14. The molecule has 4 aliphatic heterocycles. The van der Waals surface area contributed by atoms with Crippen LogP contribution < -0.4 is 4.90 Å². The van der Waals surface area contributed by atoms with Gasteiger partial charge in [0.1, 0.15) is 0 Å². The average Bonchev–Trinajstić information content (AvgIpc) is 3.59. The molecule has 6 rings (SSSR count). The number of nitrogens with zero attached hydrogens (tertiary/aromatic N) is 4. The Kier molecular flexibility index (Phi) is 6.90. The summed E-state index contributed by atoms with van der Waals surface area (Å²) < 4.78 is 11.1. The van der Waals surface area contributed by atoms with Crippen molar-refractivity contribution in [1.29, 1.82) is 0 Å². The lowest BCUT2D eigenvalue weighted by atomic mass is 9.93. The summed E-state index contributed by atoms with van der Waals surface area (Å²) >= 11 is 0. The summed E-state index contributed by atoms with van der Waals surface area (Å²) in [6, 6.07) is 8.61. The summed E-state index contributed by atoms with van der Waals surface area (Å²) in [7, 11) is 0. The van der Waals surface area contributed by atoms with Gasteiger partial charge in [-0.3, -0.25) is 24.1 Å². The van der Waals surface area contributed by atoms with Crippen molar-refractivity contribution in [2.45, 2.75) is 51.2 Å². The number of anilines is 1. The van der Waals surface area contributed by atoms with Crippen molar-refractivity contribution in [3.05, 3.63) is 53.5 Å². The second-order valence-electron chi connectivity index (χ2n) is 11.8. The van der Waals surface area contributed by atoms with Gasteiger partial charge in [-0.15, -0.1) is 0 Å². The Morgan fingerprint density at radius 3 is 2.42 bits per heavy atom. The molecule has 10 heteroatoms. The van der Waals surface area contributed by atoms with Gasteiger partial charge in [-0.1, -0.05) is 6.07 Å². The number of piperidine rings is 1. The molecule has 4 aliphatic rings. The molecule has 3 fully saturated rings. The van der Waals surface area contributed by atoms with Crippen LogP contribution in [0.25, 0.3) is 0 Å². The molecule has 0 aliphatic carbocycles. The number of piperazine rings is 1. The molecule has 3 saturated heterocycles. The number of imide groups is 1. The second-order valence-corrected chi connectivity index (χ2v) is 11.8. The molecule has 0 saturated carbocycles. The molecule has 1 aromatic heterocycles. The largest absolute Gasteiger partial charge is 0.459 e. The smallest absolute Gasteiger partial charge is 0.289 e. The number of rotatable bonds is 4. The molecule has 0 radical (unpaired) electrons. The molecule has 2 aromatic rings. The standard InChI is InChI=1S/C30H36N4O6/c1-30(2)18-21(10-17-40-30)34-27(36)22-7-3-8-23(25(22)29(34)38)33-11-4-6-20(19-33)26(35)31-12-14-32(15-13-31)28(37)24-9-5-16-39-24/h3,5,7-9,16,20-21H,4,6,10-15,17-19H2,1-2H3/t20-,21-/m0/s1. The molecule has 4 amide bonds. The van der Waals surface area contributed by atoms with E-state index in [4.69, 9.17) is 9.15 Å². The third-order valence-corrected chi connectivity index (χ3v) is 8.68. The number of carbonyl (C=O) groups excluding carboxylic acids is 4. The van der Waals surface area contributed by atoms with Crippen LogP contribution in [-0.2, 0) is 9.53 Å². The van der Waals surface area contributed by atoms with E-state index < -0.39 is 0 Å². The molecule has 10 nitrogen and oxygen atoms in total. The zero-order chi connectivity index (χ0) is 28.0. The average molecular weight is 549 g/mol. The van der Waals surface area contributed by atoms with Gasteiger partial charge in [0.15, 0.2) is 5.76 Å². The monoisotopic (exact) mass is 548 g/mol. The predicted molar refractivity (Wildman–Crippen MR) is 146 cm³/mol. The lowest BCUT2D eigenvalue weighted by Crippen LogP contribution is -2.53. The maximum absolute atomic E-state index is 13.7. The first-order valence-electron chi connectivity index (χ1n) is 14.2. The third kappa shape index (κ3) is 4.78. The maximum atomic E-state index is 13.7. The van der Waals surface area contributed by atoms with Crippen LogP contribution in [0.1, 0.15) is 70.8 Å². The zero-order valence-electron chi connectivity index (χ0n) is 23.1. The van der Waals surface area contributed by atoms with Crippen LogP contribution in [0.15, 0.2) is 41.0 Å². The zero-order valence-corrected chi connectivity index (χ0v) is 23.1. The Morgan fingerprint density at radius 2 is 1.70 bits per heavy atom. The topological polar surface area (TPSA) is 104 Å². The van der Waals surface area contributed by atoms with Gasteiger partial charge in [0.25, 0.3) is 17.7 Å². The molecule has 1 aromatic carbocycles. The number of carbonyl (C=O) groups is 4. The number of hydrogen-bond donors (Lipinski definition) is 0. The van der Waals surface area contributed by atoms with Gasteiger partial charge in [-0.2, -0.15) is 0 Å². The van der Waals surface area contributed by atoms with Crippen molar-refractivity contribution in [1.82, 2.24) is 14.7 Å². The summed E-state index contributed by atoms with van der Waals surface area (Å²) in [5.74, 6) is -0.464. The number of amides is 4. The Labute approximate surface area is 233 Å². The molecule has 5 heterocycles. The van der Waals surface area contributed by atoms with Crippen LogP contribution in [0.5, 0.6) is 0 Å². The number of ether oxygens (including phenoxy) is 1. The van der Waals surface area contributed by atoms with Crippen LogP contribution in [0.3, 0.4) is 0 Å². The van der Waals surface area contributed by atoms with Crippen molar-refractivity contribution >= 4 is 29.3 Å². The lowest BCUT2D eigenvalue weighted by molar-refractivity contribution is -0.137. The summed E-state index contributed by atoms with van der Waals surface area (Å²) in [6.07, 6.45) is 4.30. The van der Waals surface area contributed by atoms with E-state index in [1.54, 1.807) is 23.1 Å². The molecule has 0 N–H and O–H groups in total. The molecule has 0 bridgehead atoms. The summed E-state index contributed by atoms with van der Waals surface area (Å²) in [4.78, 5) is 60.4. The van der Waals surface area contributed by atoms with Crippen LogP contribution in [0.2, 0.25) is 0 Å². The van der Waals surface area contributed by atoms with Crippen LogP contribution in [0.4, 0.5) is 5.69 Å². The first-order valence-corrected chi connectivity index (χ1v) is 14.2. The van der Waals surface area contributed by atoms with Crippen molar-refractivity contribution in [2.24, 2.45) is 5.92 Å². The minimum absolute atomic E-state index is 0.0795. The van der Waals surface area contributed by atoms with Gasteiger partial charge in [0.05, 0.1) is 34.6 Å². The summed E-state index contributed by atoms with van der Waals surface area (Å²) in [5.41, 5.74) is 1.24. The number of hydrogen-bond acceptors (Lipinski definition) is 7. The van der Waals surface area contributed by atoms with Gasteiger partial charge in [0, 0.05) is 51.9 Å². The van der Waals surface area contributed by atoms with E-state index in [1.807, 2.05) is 30.9 Å². The highest BCUT2D eigenvalue weighted by molar-refractivity contribution is 6.24. The maximum Gasteiger partial charge on any atom is 0.289 e. The van der Waals surface area contributed by atoms with Crippen molar-refractivity contribution in [3.63, 3.8) is 0 Å². The van der Waals surface area contributed by atoms with E-state index in [9.17, 15) is 19.2 Å². The highest BCUT2D eigenvalue weighted by Crippen LogP contribution is 2.38. The van der Waals surface area contributed by atoms with Gasteiger partial charge in [0.2, 0.25) is 5.91 Å². The molecule has 0 spiro atoms. The third-order valence-electron chi connectivity index (χ3n) is 8.68. The Hall–Kier alpha value is -3.66. The summed E-state index contributed by atoms with van der Waals surface area (Å²) in [6.45, 7) is 7.59. The van der Waals surface area contributed by atoms with Gasteiger partial charge >= 0.3 is 0 Å². The van der Waals surface area contributed by atoms with Gasteiger partial charge < -0.3 is 23.9 Å². The number of benzene rings is 1. The minimum Gasteiger partial charge on any atom is -0.459 e. The SMILES string of the molecule is CC1(C)C[C@@H](N2C(=O)c3cccc(N4CCC[C@H](C(=O)N5CCN(C(=O)c6ccco6)CC5)C4)c3C2=O)CCO1. The van der Waals surface area contributed by atoms with Gasteiger partial charge in [-0.25, -0.2) is 0 Å². The number of furan rings is 1. The fourth-order valence-electron chi connectivity index (χ4n) is 6.64. The fourth-order valence-corrected chi connectivity index (χ4v) is 6.64. The quantitative estimate of drug-likeness (QED) is 0.541. The van der Waals surface area contributed by atoms with E-state index >= 15 is 0 Å². The molecule has 0 unspecified atom stereocenters. The van der Waals surface area contributed by atoms with Crippen LogP contribution >= 0.6 is 0 Å². The van der Waals surface area contributed by atoms with E-state index in [0.29, 0.717) is 69.1 Å². The van der Waals surface area contributed by atoms with E-state index in [-0.39, 0.29) is 41.2 Å². The Morgan fingerprint density at radius 1 is 0.925 bits per heavy atom. The van der Waals surface area contributed by atoms with Crippen molar-refractivity contribution in [2.75, 3.05) is 50.8 Å². The molecular weight excluding hydrogens is 512 g/mol. The minimum atomic E-state index is -0.390. The highest BCUT2D eigenvalue weighted by atomic mass is 16.5. The van der Waals surface area contributed by atoms with Crippen molar-refractivity contribution in [3.8, 4) is 0 Å². The molecule has 2 atom stereocenters. The predicted octanol–water partition coefficient (Wildman–Crippen LogP) is 3.03. The molecule has 40 heavy (non-hydrogen) atoms. The van der Waals surface area contributed by atoms with Crippen LogP contribution in [-0.4, -0.2) is 95.8 Å². The Bertz CT molecular complexity index is 1310.